The van der Waals surface area contributed by atoms with Gasteiger partial charge in [-0.15, -0.1) is 0 Å². The number of fused-ring (bicyclic) bond motifs is 1. The number of hydrogen-bond acceptors (Lipinski definition) is 3. The number of benzene rings is 2. The molecule has 1 aliphatic rings. The number of halogens is 2. The van der Waals surface area contributed by atoms with Crippen molar-refractivity contribution in [2.45, 2.75) is 31.7 Å². The molecule has 0 aliphatic carbocycles. The number of H-pyrrole nitrogens is 1. The molecule has 1 aromatic heterocycles. The number of carbonyl (C=O) groups is 1. The first-order valence-corrected chi connectivity index (χ1v) is 9.53. The van der Waals surface area contributed by atoms with E-state index in [-0.39, 0.29) is 17.5 Å². The van der Waals surface area contributed by atoms with E-state index in [2.05, 4.69) is 15.3 Å². The van der Waals surface area contributed by atoms with Crippen molar-refractivity contribution in [3.63, 3.8) is 0 Å². The summed E-state index contributed by atoms with van der Waals surface area (Å²) >= 11 is 0. The first kappa shape index (κ1) is 18.4. The molecular formula is C21H22F2N4O. The van der Waals surface area contributed by atoms with Gasteiger partial charge in [0.1, 0.15) is 5.52 Å². The van der Waals surface area contributed by atoms with E-state index < -0.39 is 11.6 Å². The van der Waals surface area contributed by atoms with Gasteiger partial charge in [0, 0.05) is 19.1 Å². The molecule has 1 aliphatic heterocycles. The summed E-state index contributed by atoms with van der Waals surface area (Å²) in [5.74, 6) is -1.40. The van der Waals surface area contributed by atoms with E-state index in [4.69, 9.17) is 0 Å². The van der Waals surface area contributed by atoms with Crippen molar-refractivity contribution in [1.29, 1.82) is 0 Å². The Morgan fingerprint density at radius 2 is 2.00 bits per heavy atom. The number of hydrogen-bond donors (Lipinski definition) is 2. The molecule has 0 bridgehead atoms. The van der Waals surface area contributed by atoms with Crippen molar-refractivity contribution < 1.29 is 13.6 Å². The average Bonchev–Trinajstić information content (AvgIpc) is 3.14. The molecule has 1 unspecified atom stereocenters. The third-order valence-corrected chi connectivity index (χ3v) is 5.20. The molecule has 1 atom stereocenters. The van der Waals surface area contributed by atoms with Crippen LogP contribution in [0.3, 0.4) is 0 Å². The number of aromatic amines is 1. The Kier molecular flexibility index (Phi) is 5.23. The highest BCUT2D eigenvalue weighted by molar-refractivity contribution is 5.79. The van der Waals surface area contributed by atoms with E-state index >= 15 is 0 Å². The molecule has 1 fully saturated rings. The van der Waals surface area contributed by atoms with Gasteiger partial charge in [0.15, 0.2) is 11.6 Å². The van der Waals surface area contributed by atoms with Gasteiger partial charge in [0.05, 0.1) is 11.9 Å². The van der Waals surface area contributed by atoms with Crippen LogP contribution >= 0.6 is 0 Å². The Morgan fingerprint density at radius 3 is 2.82 bits per heavy atom. The third-order valence-electron chi connectivity index (χ3n) is 5.20. The largest absolute Gasteiger partial charge is 0.354 e. The summed E-state index contributed by atoms with van der Waals surface area (Å²) < 4.78 is 27.2. The van der Waals surface area contributed by atoms with Gasteiger partial charge in [-0.2, -0.15) is 0 Å². The van der Waals surface area contributed by atoms with E-state index in [0.717, 1.165) is 37.4 Å². The normalized spacial score (nSPS) is 17.1. The molecule has 2 heterocycles. The number of rotatable bonds is 5. The number of aromatic nitrogens is 2. The lowest BCUT2D eigenvalue weighted by atomic mass is 10.0. The molecule has 7 heteroatoms. The molecule has 0 spiro atoms. The summed E-state index contributed by atoms with van der Waals surface area (Å²) in [5, 5.41) is 3.15. The summed E-state index contributed by atoms with van der Waals surface area (Å²) in [6.07, 6.45) is 3.33. The van der Waals surface area contributed by atoms with Crippen LogP contribution in [0.15, 0.2) is 42.5 Å². The fourth-order valence-electron chi connectivity index (χ4n) is 3.73. The monoisotopic (exact) mass is 384 g/mol. The summed E-state index contributed by atoms with van der Waals surface area (Å²) in [5.41, 5.74) is 1.41. The summed E-state index contributed by atoms with van der Waals surface area (Å²) in [6, 6.07) is 12.3. The van der Waals surface area contributed by atoms with Crippen molar-refractivity contribution in [3.8, 4) is 0 Å². The second-order valence-corrected chi connectivity index (χ2v) is 7.12. The van der Waals surface area contributed by atoms with Gasteiger partial charge in [-0.25, -0.2) is 13.8 Å². The van der Waals surface area contributed by atoms with E-state index in [0.29, 0.717) is 24.4 Å². The van der Waals surface area contributed by atoms with Crippen LogP contribution in [-0.2, 0) is 11.2 Å². The summed E-state index contributed by atoms with van der Waals surface area (Å²) in [6.45, 7) is 1.24. The Balaban J connectivity index is 1.43. The second kappa shape index (κ2) is 7.96. The van der Waals surface area contributed by atoms with Crippen LogP contribution in [0.1, 0.15) is 24.8 Å². The number of amides is 1. The Morgan fingerprint density at radius 1 is 1.18 bits per heavy atom. The van der Waals surface area contributed by atoms with Crippen LogP contribution in [0.25, 0.3) is 11.0 Å². The topological polar surface area (TPSA) is 61.0 Å². The number of likely N-dealkylation sites (tertiary alicyclic amines) is 1. The average molecular weight is 384 g/mol. The number of nitrogens with one attached hydrogen (secondary N) is 2. The van der Waals surface area contributed by atoms with Gasteiger partial charge in [-0.05, 0) is 37.0 Å². The highest BCUT2D eigenvalue weighted by Crippen LogP contribution is 2.22. The maximum Gasteiger partial charge on any atom is 0.227 e. The minimum absolute atomic E-state index is 0.0249. The standard InChI is InChI=1S/C21H22F2N4O/c22-16-9-10-17-20(19(16)23)26-21(25-17)24-13-15-8-4-5-11-27(15)18(28)12-14-6-2-1-3-7-14/h1-3,6-7,9-10,15H,4-5,8,11-13H2,(H2,24,25,26). The minimum Gasteiger partial charge on any atom is -0.354 e. The molecule has 1 amide bonds. The van der Waals surface area contributed by atoms with Crippen LogP contribution in [0, 0.1) is 11.6 Å². The molecule has 1 saturated heterocycles. The third kappa shape index (κ3) is 3.83. The van der Waals surface area contributed by atoms with Crippen LogP contribution < -0.4 is 5.32 Å². The first-order chi connectivity index (χ1) is 13.6. The molecule has 2 N–H and O–H groups in total. The first-order valence-electron chi connectivity index (χ1n) is 9.53. The van der Waals surface area contributed by atoms with Crippen LogP contribution in [0.2, 0.25) is 0 Å². The quantitative estimate of drug-likeness (QED) is 0.702. The molecule has 0 saturated carbocycles. The lowest BCUT2D eigenvalue weighted by molar-refractivity contribution is -0.133. The van der Waals surface area contributed by atoms with Crippen molar-refractivity contribution >= 4 is 22.9 Å². The zero-order valence-corrected chi connectivity index (χ0v) is 15.4. The van der Waals surface area contributed by atoms with E-state index in [1.165, 1.54) is 6.07 Å². The van der Waals surface area contributed by atoms with Gasteiger partial charge >= 0.3 is 0 Å². The molecule has 28 heavy (non-hydrogen) atoms. The molecule has 5 nitrogen and oxygen atoms in total. The second-order valence-electron chi connectivity index (χ2n) is 7.12. The molecule has 2 aromatic carbocycles. The maximum atomic E-state index is 13.8. The zero-order valence-electron chi connectivity index (χ0n) is 15.4. The lowest BCUT2D eigenvalue weighted by Crippen LogP contribution is -2.47. The maximum absolute atomic E-state index is 13.8. The van der Waals surface area contributed by atoms with Crippen molar-refractivity contribution in [2.75, 3.05) is 18.4 Å². The fourth-order valence-corrected chi connectivity index (χ4v) is 3.73. The number of carbonyl (C=O) groups excluding carboxylic acids is 1. The zero-order chi connectivity index (χ0) is 19.5. The Labute approximate surface area is 161 Å². The smallest absolute Gasteiger partial charge is 0.227 e. The fraction of sp³-hybridized carbons (Fsp3) is 0.333. The molecule has 146 valence electrons. The lowest BCUT2D eigenvalue weighted by Gasteiger charge is -2.36. The van der Waals surface area contributed by atoms with E-state index in [9.17, 15) is 13.6 Å². The van der Waals surface area contributed by atoms with Gasteiger partial charge in [0.25, 0.3) is 0 Å². The predicted octanol–water partition coefficient (Wildman–Crippen LogP) is 3.88. The molecule has 4 rings (SSSR count). The van der Waals surface area contributed by atoms with Gasteiger partial charge in [-0.1, -0.05) is 30.3 Å². The van der Waals surface area contributed by atoms with Crippen molar-refractivity contribution in [1.82, 2.24) is 14.9 Å². The predicted molar refractivity (Wildman–Crippen MR) is 104 cm³/mol. The van der Waals surface area contributed by atoms with Crippen LogP contribution in [0.4, 0.5) is 14.7 Å². The highest BCUT2D eigenvalue weighted by Gasteiger charge is 2.26. The summed E-state index contributed by atoms with van der Waals surface area (Å²) in [7, 11) is 0. The Hall–Kier alpha value is -2.96. The van der Waals surface area contributed by atoms with Crippen LogP contribution in [0.5, 0.6) is 0 Å². The van der Waals surface area contributed by atoms with Crippen LogP contribution in [-0.4, -0.2) is 39.9 Å². The van der Waals surface area contributed by atoms with Crippen molar-refractivity contribution in [2.24, 2.45) is 0 Å². The molecular weight excluding hydrogens is 362 g/mol. The van der Waals surface area contributed by atoms with Gasteiger partial charge in [0.2, 0.25) is 11.9 Å². The van der Waals surface area contributed by atoms with E-state index in [1.807, 2.05) is 35.2 Å². The minimum atomic E-state index is -0.959. The Bertz CT molecular complexity index is 973. The summed E-state index contributed by atoms with van der Waals surface area (Å²) in [4.78, 5) is 21.8. The SMILES string of the molecule is O=C(Cc1ccccc1)N1CCCCC1CNc1nc2c(F)c(F)ccc2[nH]1. The van der Waals surface area contributed by atoms with E-state index in [1.54, 1.807) is 0 Å². The number of nitrogens with zero attached hydrogens (tertiary/aromatic N) is 2. The number of imidazole rings is 1. The number of anilines is 1. The van der Waals surface area contributed by atoms with Gasteiger partial charge in [-0.3, -0.25) is 4.79 Å². The molecule has 0 radical (unpaired) electrons. The highest BCUT2D eigenvalue weighted by atomic mass is 19.2. The van der Waals surface area contributed by atoms with Crippen molar-refractivity contribution in [3.05, 3.63) is 59.7 Å². The molecule has 3 aromatic rings. The number of piperidine rings is 1. The van der Waals surface area contributed by atoms with Gasteiger partial charge < -0.3 is 15.2 Å².